The minimum atomic E-state index is -0.344. The number of aliphatic hydroxyl groups excluding tert-OH is 1. The molecule has 1 saturated carbocycles. The average molecular weight is 248 g/mol. The molecule has 0 heterocycles. The summed E-state index contributed by atoms with van der Waals surface area (Å²) >= 11 is 0. The molecule has 2 rings (SSSR count). The van der Waals surface area contributed by atoms with Crippen LogP contribution in [0.15, 0.2) is 24.3 Å². The van der Waals surface area contributed by atoms with Crippen molar-refractivity contribution < 1.29 is 9.84 Å². The zero-order valence-electron chi connectivity index (χ0n) is 11.4. The van der Waals surface area contributed by atoms with Crippen LogP contribution >= 0.6 is 0 Å². The molecule has 2 heteroatoms. The molecule has 0 aliphatic heterocycles. The van der Waals surface area contributed by atoms with Gasteiger partial charge in [-0.3, -0.25) is 0 Å². The van der Waals surface area contributed by atoms with Crippen LogP contribution in [-0.4, -0.2) is 11.2 Å². The van der Waals surface area contributed by atoms with E-state index in [-0.39, 0.29) is 12.2 Å². The van der Waals surface area contributed by atoms with Crippen LogP contribution in [0, 0.1) is 5.92 Å². The third-order valence-corrected chi connectivity index (χ3v) is 3.65. The first-order valence-electron chi connectivity index (χ1n) is 7.10. The fourth-order valence-corrected chi connectivity index (χ4v) is 2.77. The minimum Gasteiger partial charge on any atom is -0.491 e. The van der Waals surface area contributed by atoms with Gasteiger partial charge in [0.05, 0.1) is 12.2 Å². The van der Waals surface area contributed by atoms with Gasteiger partial charge in [0.15, 0.2) is 0 Å². The van der Waals surface area contributed by atoms with Crippen molar-refractivity contribution in [2.24, 2.45) is 5.92 Å². The summed E-state index contributed by atoms with van der Waals surface area (Å²) in [5.74, 6) is 1.56. The molecular formula is C16H24O2. The summed E-state index contributed by atoms with van der Waals surface area (Å²) in [6.07, 6.45) is 5.93. The molecule has 0 saturated heterocycles. The van der Waals surface area contributed by atoms with Crippen LogP contribution in [-0.2, 0) is 0 Å². The highest BCUT2D eigenvalue weighted by Crippen LogP contribution is 2.33. The van der Waals surface area contributed by atoms with Crippen molar-refractivity contribution in [3.05, 3.63) is 29.8 Å². The summed E-state index contributed by atoms with van der Waals surface area (Å²) in [6, 6.07) is 7.88. The van der Waals surface area contributed by atoms with Gasteiger partial charge in [-0.2, -0.15) is 0 Å². The molecule has 0 bridgehead atoms. The number of hydrogen-bond donors (Lipinski definition) is 1. The van der Waals surface area contributed by atoms with E-state index >= 15 is 0 Å². The summed E-state index contributed by atoms with van der Waals surface area (Å²) < 4.78 is 5.66. The molecule has 0 spiro atoms. The van der Waals surface area contributed by atoms with Crippen LogP contribution in [0.4, 0.5) is 0 Å². The third-order valence-electron chi connectivity index (χ3n) is 3.65. The Labute approximate surface area is 110 Å². The maximum absolute atomic E-state index is 10.3. The molecule has 1 aromatic carbocycles. The van der Waals surface area contributed by atoms with Gasteiger partial charge in [-0.15, -0.1) is 0 Å². The molecule has 1 fully saturated rings. The van der Waals surface area contributed by atoms with Crippen molar-refractivity contribution in [3.63, 3.8) is 0 Å². The summed E-state index contributed by atoms with van der Waals surface area (Å²) in [7, 11) is 0. The first-order valence-corrected chi connectivity index (χ1v) is 7.10. The van der Waals surface area contributed by atoms with Gasteiger partial charge >= 0.3 is 0 Å². The molecule has 1 atom stereocenters. The van der Waals surface area contributed by atoms with Gasteiger partial charge < -0.3 is 9.84 Å². The molecule has 1 N–H and O–H groups in total. The van der Waals surface area contributed by atoms with Crippen LogP contribution in [0.2, 0.25) is 0 Å². The molecule has 1 aliphatic rings. The largest absolute Gasteiger partial charge is 0.491 e. The smallest absolute Gasteiger partial charge is 0.120 e. The normalized spacial score (nSPS) is 18.2. The lowest BCUT2D eigenvalue weighted by Gasteiger charge is -2.17. The molecule has 1 unspecified atom stereocenters. The predicted octanol–water partition coefficient (Wildman–Crippen LogP) is 4.09. The van der Waals surface area contributed by atoms with Crippen LogP contribution in [0.1, 0.15) is 57.6 Å². The second-order valence-electron chi connectivity index (χ2n) is 5.64. The maximum Gasteiger partial charge on any atom is 0.120 e. The Hall–Kier alpha value is -1.02. The van der Waals surface area contributed by atoms with Gasteiger partial charge in [-0.25, -0.2) is 0 Å². The van der Waals surface area contributed by atoms with E-state index in [1.165, 1.54) is 25.7 Å². The summed E-state index contributed by atoms with van der Waals surface area (Å²) in [5, 5.41) is 10.3. The molecule has 18 heavy (non-hydrogen) atoms. The topological polar surface area (TPSA) is 29.5 Å². The number of aliphatic hydroxyl groups is 1. The lowest BCUT2D eigenvalue weighted by Crippen LogP contribution is -2.07. The first-order chi connectivity index (χ1) is 8.65. The zero-order valence-corrected chi connectivity index (χ0v) is 11.4. The van der Waals surface area contributed by atoms with Crippen molar-refractivity contribution in [2.45, 2.75) is 58.2 Å². The van der Waals surface area contributed by atoms with E-state index in [2.05, 4.69) is 0 Å². The van der Waals surface area contributed by atoms with E-state index in [1.54, 1.807) is 0 Å². The van der Waals surface area contributed by atoms with Gasteiger partial charge in [-0.1, -0.05) is 37.8 Å². The quantitative estimate of drug-likeness (QED) is 0.850. The van der Waals surface area contributed by atoms with E-state index in [1.807, 2.05) is 38.1 Å². The van der Waals surface area contributed by atoms with E-state index in [0.29, 0.717) is 5.92 Å². The Morgan fingerprint density at radius 1 is 1.28 bits per heavy atom. The van der Waals surface area contributed by atoms with E-state index in [0.717, 1.165) is 17.7 Å². The summed E-state index contributed by atoms with van der Waals surface area (Å²) in [6.45, 7) is 4.03. The highest BCUT2D eigenvalue weighted by atomic mass is 16.5. The Bertz CT molecular complexity index is 367. The first kappa shape index (κ1) is 13.4. The Kier molecular flexibility index (Phi) is 4.65. The maximum atomic E-state index is 10.3. The molecule has 1 aliphatic carbocycles. The fourth-order valence-electron chi connectivity index (χ4n) is 2.77. The zero-order chi connectivity index (χ0) is 13.0. The minimum absolute atomic E-state index is 0.173. The third kappa shape index (κ3) is 3.74. The van der Waals surface area contributed by atoms with Gasteiger partial charge in [-0.05, 0) is 43.9 Å². The highest BCUT2D eigenvalue weighted by molar-refractivity contribution is 5.30. The van der Waals surface area contributed by atoms with Crippen LogP contribution in [0.3, 0.4) is 0 Å². The Morgan fingerprint density at radius 2 is 2.00 bits per heavy atom. The Morgan fingerprint density at radius 3 is 2.67 bits per heavy atom. The summed E-state index contributed by atoms with van der Waals surface area (Å²) in [5.41, 5.74) is 0.986. The van der Waals surface area contributed by atoms with Crippen LogP contribution in [0.25, 0.3) is 0 Å². The van der Waals surface area contributed by atoms with Crippen molar-refractivity contribution in [1.29, 1.82) is 0 Å². The van der Waals surface area contributed by atoms with Gasteiger partial charge in [0.25, 0.3) is 0 Å². The molecule has 100 valence electrons. The second-order valence-corrected chi connectivity index (χ2v) is 5.64. The monoisotopic (exact) mass is 248 g/mol. The van der Waals surface area contributed by atoms with Crippen LogP contribution in [0.5, 0.6) is 5.75 Å². The second kappa shape index (κ2) is 6.24. The van der Waals surface area contributed by atoms with Gasteiger partial charge in [0, 0.05) is 0 Å². The molecular weight excluding hydrogens is 224 g/mol. The standard InChI is InChI=1S/C16H24O2/c1-12(2)18-15-9-5-8-14(11-15)16(17)10-13-6-3-4-7-13/h5,8-9,11-13,16-17H,3-4,6-7,10H2,1-2H3. The van der Waals surface area contributed by atoms with Crippen molar-refractivity contribution >= 4 is 0 Å². The highest BCUT2D eigenvalue weighted by Gasteiger charge is 2.20. The van der Waals surface area contributed by atoms with Crippen molar-refractivity contribution in [2.75, 3.05) is 0 Å². The molecule has 0 aromatic heterocycles. The van der Waals surface area contributed by atoms with Crippen LogP contribution < -0.4 is 4.74 Å². The average Bonchev–Trinajstić information content (AvgIpc) is 2.81. The Balaban J connectivity index is 1.98. The van der Waals surface area contributed by atoms with Gasteiger partial charge in [0.1, 0.15) is 5.75 Å². The van der Waals surface area contributed by atoms with Crippen molar-refractivity contribution in [3.8, 4) is 5.75 Å². The predicted molar refractivity (Wildman–Crippen MR) is 73.7 cm³/mol. The SMILES string of the molecule is CC(C)Oc1cccc(C(O)CC2CCCC2)c1. The molecule has 0 amide bonds. The van der Waals surface area contributed by atoms with Gasteiger partial charge in [0.2, 0.25) is 0 Å². The van der Waals surface area contributed by atoms with E-state index < -0.39 is 0 Å². The molecule has 2 nitrogen and oxygen atoms in total. The molecule has 0 radical (unpaired) electrons. The lowest BCUT2D eigenvalue weighted by molar-refractivity contribution is 0.144. The fraction of sp³-hybridized carbons (Fsp3) is 0.625. The molecule has 1 aromatic rings. The van der Waals surface area contributed by atoms with Crippen molar-refractivity contribution in [1.82, 2.24) is 0 Å². The number of benzene rings is 1. The lowest BCUT2D eigenvalue weighted by atomic mass is 9.95. The number of hydrogen-bond acceptors (Lipinski definition) is 2. The van der Waals surface area contributed by atoms with E-state index in [4.69, 9.17) is 4.74 Å². The van der Waals surface area contributed by atoms with E-state index in [9.17, 15) is 5.11 Å². The summed E-state index contributed by atoms with van der Waals surface area (Å²) in [4.78, 5) is 0. The number of ether oxygens (including phenoxy) is 1. The number of rotatable bonds is 5.